The third kappa shape index (κ3) is 1.63. The molecule has 0 unspecified atom stereocenters. The molecule has 0 saturated heterocycles. The Hall–Kier alpha value is -0.990. The maximum Gasteiger partial charge on any atom is 0.164 e. The van der Waals surface area contributed by atoms with Crippen LogP contribution in [-0.2, 0) is 6.42 Å². The van der Waals surface area contributed by atoms with Crippen LogP contribution in [0.15, 0.2) is 6.07 Å². The summed E-state index contributed by atoms with van der Waals surface area (Å²) in [7, 11) is 0. The zero-order valence-corrected chi connectivity index (χ0v) is 7.91. The lowest BCUT2D eigenvalue weighted by molar-refractivity contribution is 0.479. The Morgan fingerprint density at radius 2 is 1.86 bits per heavy atom. The van der Waals surface area contributed by atoms with E-state index >= 15 is 0 Å². The Balaban J connectivity index is 2.38. The summed E-state index contributed by atoms with van der Waals surface area (Å²) in [5.41, 5.74) is 0.101. The van der Waals surface area contributed by atoms with Crippen molar-refractivity contribution in [1.82, 2.24) is 0 Å². The summed E-state index contributed by atoms with van der Waals surface area (Å²) in [6, 6.07) is 0.982. The van der Waals surface area contributed by atoms with Crippen LogP contribution in [0, 0.1) is 30.3 Å². The molecule has 0 aliphatic heterocycles. The van der Waals surface area contributed by atoms with Crippen LogP contribution in [0.2, 0.25) is 0 Å². The van der Waals surface area contributed by atoms with Crippen LogP contribution >= 0.6 is 0 Å². The van der Waals surface area contributed by atoms with E-state index in [0.29, 0.717) is 17.9 Å². The van der Waals surface area contributed by atoms with Crippen LogP contribution in [0.25, 0.3) is 0 Å². The number of rotatable bonds is 2. The number of hydrogen-bond donors (Lipinski definition) is 0. The van der Waals surface area contributed by atoms with Crippen LogP contribution in [0.3, 0.4) is 0 Å². The van der Waals surface area contributed by atoms with Gasteiger partial charge in [-0.05, 0) is 43.7 Å². The molecule has 0 N–H and O–H groups in total. The first-order chi connectivity index (χ1) is 6.59. The van der Waals surface area contributed by atoms with E-state index in [9.17, 15) is 13.2 Å². The van der Waals surface area contributed by atoms with E-state index in [1.807, 2.05) is 0 Å². The second-order valence-electron chi connectivity index (χ2n) is 3.92. The van der Waals surface area contributed by atoms with Crippen LogP contribution in [0.1, 0.15) is 24.0 Å². The monoisotopic (exact) mass is 200 g/mol. The maximum atomic E-state index is 13.4. The lowest BCUT2D eigenvalue weighted by atomic mass is 10.0. The van der Waals surface area contributed by atoms with Gasteiger partial charge in [-0.15, -0.1) is 0 Å². The molecule has 14 heavy (non-hydrogen) atoms. The van der Waals surface area contributed by atoms with Crippen molar-refractivity contribution >= 4 is 0 Å². The fourth-order valence-electron chi connectivity index (χ4n) is 1.58. The molecule has 3 heteroatoms. The van der Waals surface area contributed by atoms with E-state index in [-0.39, 0.29) is 5.56 Å². The fourth-order valence-corrected chi connectivity index (χ4v) is 1.58. The van der Waals surface area contributed by atoms with Crippen molar-refractivity contribution in [1.29, 1.82) is 0 Å². The highest BCUT2D eigenvalue weighted by atomic mass is 19.2. The van der Waals surface area contributed by atoms with Crippen LogP contribution in [0.4, 0.5) is 13.2 Å². The first-order valence-corrected chi connectivity index (χ1v) is 4.72. The average Bonchev–Trinajstić information content (AvgIpc) is 2.94. The maximum absolute atomic E-state index is 13.4. The third-order valence-electron chi connectivity index (χ3n) is 2.66. The molecule has 1 aliphatic rings. The molecule has 0 spiro atoms. The Morgan fingerprint density at radius 3 is 2.43 bits per heavy atom. The molecule has 2 rings (SSSR count). The van der Waals surface area contributed by atoms with Gasteiger partial charge in [0.25, 0.3) is 0 Å². The molecule has 1 aromatic carbocycles. The topological polar surface area (TPSA) is 0 Å². The molecular weight excluding hydrogens is 189 g/mol. The van der Waals surface area contributed by atoms with E-state index < -0.39 is 17.5 Å². The van der Waals surface area contributed by atoms with Gasteiger partial charge in [0.05, 0.1) is 0 Å². The van der Waals surface area contributed by atoms with Crippen molar-refractivity contribution < 1.29 is 13.2 Å². The molecule has 1 aromatic rings. The minimum Gasteiger partial charge on any atom is -0.206 e. The first kappa shape index (κ1) is 9.56. The van der Waals surface area contributed by atoms with Crippen molar-refractivity contribution in [3.8, 4) is 0 Å². The Morgan fingerprint density at radius 1 is 1.21 bits per heavy atom. The molecule has 0 amide bonds. The van der Waals surface area contributed by atoms with Crippen LogP contribution < -0.4 is 0 Å². The molecule has 1 saturated carbocycles. The van der Waals surface area contributed by atoms with E-state index in [4.69, 9.17) is 0 Å². The molecule has 0 atom stereocenters. The van der Waals surface area contributed by atoms with Crippen LogP contribution in [-0.4, -0.2) is 0 Å². The minimum absolute atomic E-state index is 0.208. The molecule has 76 valence electrons. The Bertz CT molecular complexity index is 367. The smallest absolute Gasteiger partial charge is 0.164 e. The Kier molecular flexibility index (Phi) is 2.25. The summed E-state index contributed by atoms with van der Waals surface area (Å²) in [4.78, 5) is 0. The zero-order chi connectivity index (χ0) is 10.3. The molecule has 0 radical (unpaired) electrons. The molecule has 0 nitrogen and oxygen atoms in total. The quantitative estimate of drug-likeness (QED) is 0.642. The lowest BCUT2D eigenvalue weighted by Crippen LogP contribution is -2.01. The van der Waals surface area contributed by atoms with Gasteiger partial charge >= 0.3 is 0 Å². The summed E-state index contributed by atoms with van der Waals surface area (Å²) >= 11 is 0. The van der Waals surface area contributed by atoms with E-state index in [2.05, 4.69) is 0 Å². The SMILES string of the molecule is Cc1c(F)c(F)cc(CC2CC2)c1F. The summed E-state index contributed by atoms with van der Waals surface area (Å²) in [6.45, 7) is 1.27. The third-order valence-corrected chi connectivity index (χ3v) is 2.66. The molecule has 1 fully saturated rings. The van der Waals surface area contributed by atoms with Gasteiger partial charge in [-0.1, -0.05) is 0 Å². The summed E-state index contributed by atoms with van der Waals surface area (Å²) in [5.74, 6) is -2.13. The second kappa shape index (κ2) is 3.30. The first-order valence-electron chi connectivity index (χ1n) is 4.72. The lowest BCUT2D eigenvalue weighted by Gasteiger charge is -2.06. The van der Waals surface area contributed by atoms with Crippen molar-refractivity contribution in [2.75, 3.05) is 0 Å². The average molecular weight is 200 g/mol. The van der Waals surface area contributed by atoms with Crippen molar-refractivity contribution in [2.24, 2.45) is 5.92 Å². The normalized spacial score (nSPS) is 16.0. The molecule has 0 bridgehead atoms. The van der Waals surface area contributed by atoms with Gasteiger partial charge in [0.1, 0.15) is 5.82 Å². The molecule has 0 heterocycles. The predicted molar refractivity (Wildman–Crippen MR) is 47.5 cm³/mol. The van der Waals surface area contributed by atoms with Gasteiger partial charge in [-0.25, -0.2) is 13.2 Å². The van der Waals surface area contributed by atoms with Gasteiger partial charge in [0.2, 0.25) is 0 Å². The van der Waals surface area contributed by atoms with E-state index in [1.165, 1.54) is 6.92 Å². The largest absolute Gasteiger partial charge is 0.206 e. The van der Waals surface area contributed by atoms with Crippen LogP contribution in [0.5, 0.6) is 0 Å². The second-order valence-corrected chi connectivity index (χ2v) is 3.92. The van der Waals surface area contributed by atoms with E-state index in [0.717, 1.165) is 18.9 Å². The van der Waals surface area contributed by atoms with Gasteiger partial charge in [-0.2, -0.15) is 0 Å². The van der Waals surface area contributed by atoms with Gasteiger partial charge < -0.3 is 0 Å². The van der Waals surface area contributed by atoms with Crippen molar-refractivity contribution in [2.45, 2.75) is 26.2 Å². The summed E-state index contributed by atoms with van der Waals surface area (Å²) < 4.78 is 39.3. The summed E-state index contributed by atoms with van der Waals surface area (Å²) in [6.07, 6.45) is 2.67. The molecule has 1 aliphatic carbocycles. The van der Waals surface area contributed by atoms with Gasteiger partial charge in [0.15, 0.2) is 11.6 Å². The van der Waals surface area contributed by atoms with Crippen molar-refractivity contribution in [3.05, 3.63) is 34.6 Å². The highest BCUT2D eigenvalue weighted by Gasteiger charge is 2.25. The van der Waals surface area contributed by atoms with Gasteiger partial charge in [0, 0.05) is 5.56 Å². The zero-order valence-electron chi connectivity index (χ0n) is 7.91. The number of hydrogen-bond acceptors (Lipinski definition) is 0. The van der Waals surface area contributed by atoms with Gasteiger partial charge in [-0.3, -0.25) is 0 Å². The predicted octanol–water partition coefficient (Wildman–Crippen LogP) is 3.36. The minimum atomic E-state index is -1.07. The van der Waals surface area contributed by atoms with E-state index in [1.54, 1.807) is 0 Å². The Labute approximate surface area is 80.7 Å². The van der Waals surface area contributed by atoms with Crippen molar-refractivity contribution in [3.63, 3.8) is 0 Å². The fraction of sp³-hybridized carbons (Fsp3) is 0.455. The highest BCUT2D eigenvalue weighted by Crippen LogP contribution is 2.34. The number of halogens is 3. The summed E-state index contributed by atoms with van der Waals surface area (Å²) in [5, 5.41) is 0. The molecular formula is C11H11F3. The standard InChI is InChI=1S/C11H11F3/c1-6-10(13)8(4-7-2-3-7)5-9(12)11(6)14/h5,7H,2-4H2,1H3. The molecule has 0 aromatic heterocycles. The highest BCUT2D eigenvalue weighted by molar-refractivity contribution is 5.28. The number of benzene rings is 1.